The van der Waals surface area contributed by atoms with Gasteiger partial charge < -0.3 is 24.8 Å². The molecule has 0 heterocycles. The average Bonchev–Trinajstić information content (AvgIpc) is 3.73. The van der Waals surface area contributed by atoms with Gasteiger partial charge in [-0.05, 0) is 33.1 Å². The second kappa shape index (κ2) is 14.4. The summed E-state index contributed by atoms with van der Waals surface area (Å²) in [5, 5.41) is 5.58. The van der Waals surface area contributed by atoms with Gasteiger partial charge in [-0.25, -0.2) is 12.2 Å². The SMILES string of the molecule is CC(C)(C)C1=CC(C)(C)c2cc3[cH-]c4cc5c(cc4c3cc21)C(C(C)(C)C)=CC5(C)C.C[C](=[Zr+2])c1ccccc1.[C-]1=CC=CC1.[Cl-].[Cl-]. The van der Waals surface area contributed by atoms with E-state index in [1.807, 2.05) is 18.2 Å². The molecule has 0 nitrogen and oxygen atoms in total. The molecule has 0 saturated carbocycles. The van der Waals surface area contributed by atoms with E-state index in [1.165, 1.54) is 87.9 Å². The number of hydrogen-bond donors (Lipinski definition) is 0. The molecular weight excluding hydrogens is 691 g/mol. The van der Waals surface area contributed by atoms with E-state index in [1.54, 1.807) is 0 Å². The molecule has 0 radical (unpaired) electrons. The second-order valence-corrected chi connectivity index (χ2v) is 18.0. The largest absolute Gasteiger partial charge is 1.00 e. The van der Waals surface area contributed by atoms with E-state index in [0.29, 0.717) is 0 Å². The van der Waals surface area contributed by atoms with Crippen LogP contribution in [-0.4, -0.2) is 3.21 Å². The topological polar surface area (TPSA) is 0 Å². The third-order valence-electron chi connectivity index (χ3n) is 9.37. The van der Waals surface area contributed by atoms with Gasteiger partial charge in [-0.2, -0.15) is 6.08 Å². The van der Waals surface area contributed by atoms with Gasteiger partial charge >= 0.3 is 70.3 Å². The van der Waals surface area contributed by atoms with E-state index in [-0.39, 0.29) is 46.5 Å². The number of hydrogen-bond acceptors (Lipinski definition) is 0. The summed E-state index contributed by atoms with van der Waals surface area (Å²) < 4.78 is 1.46. The molecule has 0 atom stereocenters. The van der Waals surface area contributed by atoms with Crippen LogP contribution < -0.4 is 24.8 Å². The monoisotopic (exact) mass is 738 g/mol. The molecule has 3 aliphatic rings. The summed E-state index contributed by atoms with van der Waals surface area (Å²) in [6, 6.07) is 22.8. The Hall–Kier alpha value is -2.18. The predicted octanol–water partition coefficient (Wildman–Crippen LogP) is 6.24. The number of allylic oxidation sites excluding steroid dienone is 8. The van der Waals surface area contributed by atoms with Crippen molar-refractivity contribution >= 4 is 35.9 Å². The van der Waals surface area contributed by atoms with Crippen molar-refractivity contribution in [3.05, 3.63) is 125 Å². The minimum Gasteiger partial charge on any atom is -1.00 e. The van der Waals surface area contributed by atoms with Crippen LogP contribution in [0.1, 0.15) is 110 Å². The molecule has 0 amide bonds. The van der Waals surface area contributed by atoms with Gasteiger partial charge in [0.1, 0.15) is 0 Å². The van der Waals surface area contributed by atoms with Crippen LogP contribution in [0.5, 0.6) is 0 Å². The molecule has 0 spiro atoms. The van der Waals surface area contributed by atoms with Crippen molar-refractivity contribution in [2.45, 2.75) is 93.4 Å². The van der Waals surface area contributed by atoms with Crippen LogP contribution in [-0.2, 0) is 35.1 Å². The van der Waals surface area contributed by atoms with E-state index < -0.39 is 0 Å². The maximum Gasteiger partial charge on any atom is -0.109 e. The van der Waals surface area contributed by atoms with Gasteiger partial charge in [-0.15, -0.1) is 46.2 Å². The zero-order valence-electron chi connectivity index (χ0n) is 30.1. The van der Waals surface area contributed by atoms with Gasteiger partial charge in [-0.3, -0.25) is 6.08 Å². The molecule has 4 aromatic carbocycles. The number of rotatable bonds is 1. The van der Waals surface area contributed by atoms with Crippen molar-refractivity contribution in [2.75, 3.05) is 0 Å². The Morgan fingerprint density at radius 3 is 1.47 bits per heavy atom. The smallest absolute Gasteiger partial charge is 0.109 e. The fraction of sp³-hybridized carbons (Fsp3) is 0.364. The van der Waals surface area contributed by atoms with Crippen LogP contribution in [0.3, 0.4) is 0 Å². The molecule has 3 heteroatoms. The molecule has 47 heavy (non-hydrogen) atoms. The van der Waals surface area contributed by atoms with Crippen molar-refractivity contribution in [2.24, 2.45) is 10.8 Å². The molecule has 7 rings (SSSR count). The van der Waals surface area contributed by atoms with E-state index in [4.69, 9.17) is 0 Å². The predicted molar refractivity (Wildman–Crippen MR) is 196 cm³/mol. The fourth-order valence-electron chi connectivity index (χ4n) is 6.92. The summed E-state index contributed by atoms with van der Waals surface area (Å²) in [5.74, 6) is 0. The van der Waals surface area contributed by atoms with E-state index >= 15 is 0 Å². The molecule has 0 saturated heterocycles. The molecule has 246 valence electrons. The Balaban J connectivity index is 0.000000312. The molecule has 0 fully saturated rings. The molecule has 0 aliphatic heterocycles. The Kier molecular flexibility index (Phi) is 12.0. The number of fused-ring (bicyclic) bond motifs is 5. The average molecular weight is 741 g/mol. The summed E-state index contributed by atoms with van der Waals surface area (Å²) in [4.78, 5) is 0. The van der Waals surface area contributed by atoms with Crippen molar-refractivity contribution in [3.8, 4) is 0 Å². The molecule has 4 aromatic rings. The van der Waals surface area contributed by atoms with Crippen molar-refractivity contribution in [3.63, 3.8) is 0 Å². The minimum atomic E-state index is 0. The van der Waals surface area contributed by atoms with E-state index in [2.05, 4.69) is 155 Å². The van der Waals surface area contributed by atoms with Gasteiger partial charge in [0.15, 0.2) is 0 Å². The normalized spacial score (nSPS) is 16.5. The number of halogens is 2. The Morgan fingerprint density at radius 1 is 0.723 bits per heavy atom. The third-order valence-corrected chi connectivity index (χ3v) is 10.1. The third kappa shape index (κ3) is 8.18. The second-order valence-electron chi connectivity index (χ2n) is 16.2. The van der Waals surface area contributed by atoms with E-state index in [0.717, 1.165) is 6.42 Å². The number of benzene rings is 3. The summed E-state index contributed by atoms with van der Waals surface area (Å²) in [6.45, 7) is 25.6. The zero-order valence-corrected chi connectivity index (χ0v) is 34.1. The molecule has 0 N–H and O–H groups in total. The maximum atomic E-state index is 2.99. The Morgan fingerprint density at radius 2 is 1.17 bits per heavy atom. The molecule has 0 bridgehead atoms. The first kappa shape index (κ1) is 39.3. The molecular formula is C44H50Cl2Zr-2. The summed E-state index contributed by atoms with van der Waals surface area (Å²) in [6.07, 6.45) is 15.0. The molecule has 0 unspecified atom stereocenters. The van der Waals surface area contributed by atoms with Crippen molar-refractivity contribution in [1.29, 1.82) is 0 Å². The standard InChI is InChI=1S/C31H37.C8H8.C5H5.2ClH.Zr/c1-28(2,3)26-16-30(7,8)24-12-18-11-19-13-25-23(15-21(19)20(18)14-22(24)26)27(29(4,5)6)17-31(25,9)10;1-2-8-6-4-3-5-7-8;1-2-4-5-3-1;;;/h11-17H,1-10H3;3-7H,1H3;1-3H,4H2;2*1H;/q-1;;-1;;;+2/p-2. The summed E-state index contributed by atoms with van der Waals surface area (Å²) in [5.41, 5.74) is 10.7. The maximum absolute atomic E-state index is 2.99. The minimum absolute atomic E-state index is 0. The summed E-state index contributed by atoms with van der Waals surface area (Å²) in [7, 11) is 0. The van der Waals surface area contributed by atoms with Gasteiger partial charge in [0, 0.05) is 10.8 Å². The molecule has 3 aliphatic carbocycles. The van der Waals surface area contributed by atoms with Gasteiger partial charge in [0.05, 0.1) is 0 Å². The van der Waals surface area contributed by atoms with Gasteiger partial charge in [0.2, 0.25) is 0 Å². The first-order chi connectivity index (χ1) is 20.9. The fourth-order valence-corrected chi connectivity index (χ4v) is 7.33. The van der Waals surface area contributed by atoms with Gasteiger partial charge in [0.25, 0.3) is 0 Å². The van der Waals surface area contributed by atoms with Crippen LogP contribution in [0.4, 0.5) is 0 Å². The van der Waals surface area contributed by atoms with E-state index in [9.17, 15) is 0 Å². The van der Waals surface area contributed by atoms with Crippen LogP contribution >= 0.6 is 0 Å². The van der Waals surface area contributed by atoms with Crippen LogP contribution in [0.15, 0.2) is 91.0 Å². The Labute approximate surface area is 312 Å². The van der Waals surface area contributed by atoms with Gasteiger partial charge in [-0.1, -0.05) is 105 Å². The molecule has 0 aromatic heterocycles. The quantitative estimate of drug-likeness (QED) is 0.203. The van der Waals surface area contributed by atoms with Crippen LogP contribution in [0.25, 0.3) is 32.7 Å². The Bertz CT molecular complexity index is 1780. The first-order valence-corrected chi connectivity index (χ1v) is 17.6. The van der Waals surface area contributed by atoms with Crippen LogP contribution in [0.2, 0.25) is 0 Å². The first-order valence-electron chi connectivity index (χ1n) is 16.4. The van der Waals surface area contributed by atoms with Crippen molar-refractivity contribution < 1.29 is 49.0 Å². The zero-order chi connectivity index (χ0) is 32.9. The summed E-state index contributed by atoms with van der Waals surface area (Å²) >= 11 is 1.51. The van der Waals surface area contributed by atoms with Crippen LogP contribution in [0, 0.1) is 16.9 Å². The van der Waals surface area contributed by atoms with Crippen molar-refractivity contribution in [1.82, 2.24) is 0 Å².